The molecule has 0 aromatic carbocycles. The molecular weight excluding hydrogens is 328 g/mol. The van der Waals surface area contributed by atoms with Gasteiger partial charge in [-0.1, -0.05) is 19.3 Å². The molecule has 78 valence electrons. The Morgan fingerprint density at radius 3 is 2.64 bits per heavy atom. The molecule has 1 aromatic rings. The van der Waals surface area contributed by atoms with Crippen LogP contribution in [-0.2, 0) is 0 Å². The van der Waals surface area contributed by atoms with Gasteiger partial charge < -0.3 is 5.11 Å². The molecular formula is C10H12Br2OS. The summed E-state index contributed by atoms with van der Waals surface area (Å²) in [5.41, 5.74) is 1.04. The molecule has 1 aliphatic rings. The van der Waals surface area contributed by atoms with Gasteiger partial charge >= 0.3 is 0 Å². The van der Waals surface area contributed by atoms with Gasteiger partial charge in [0.1, 0.15) is 0 Å². The first-order valence-corrected chi connectivity index (χ1v) is 7.20. The van der Waals surface area contributed by atoms with Crippen molar-refractivity contribution in [2.45, 2.75) is 31.8 Å². The first-order chi connectivity index (χ1) is 6.66. The summed E-state index contributed by atoms with van der Waals surface area (Å²) in [5.74, 6) is 0.746. The van der Waals surface area contributed by atoms with Crippen molar-refractivity contribution in [1.82, 2.24) is 0 Å². The number of halogens is 2. The van der Waals surface area contributed by atoms with Crippen LogP contribution in [0.3, 0.4) is 0 Å². The van der Waals surface area contributed by atoms with Crippen LogP contribution in [0.5, 0.6) is 0 Å². The summed E-state index contributed by atoms with van der Waals surface area (Å²) >= 11 is 8.53. The molecule has 2 rings (SSSR count). The summed E-state index contributed by atoms with van der Waals surface area (Å²) in [6, 6.07) is 2.01. The van der Waals surface area contributed by atoms with E-state index in [4.69, 9.17) is 0 Å². The van der Waals surface area contributed by atoms with Crippen molar-refractivity contribution in [3.05, 3.63) is 19.2 Å². The molecule has 1 heterocycles. The second-order valence-corrected chi connectivity index (χ2v) is 7.58. The van der Waals surface area contributed by atoms with Gasteiger partial charge in [0.25, 0.3) is 0 Å². The Bertz CT molecular complexity index is 320. The number of aliphatic hydroxyl groups is 1. The number of aliphatic hydroxyl groups excluding tert-OH is 1. The van der Waals surface area contributed by atoms with Crippen molar-refractivity contribution in [3.63, 3.8) is 0 Å². The molecule has 0 aliphatic heterocycles. The van der Waals surface area contributed by atoms with Crippen LogP contribution in [0.15, 0.2) is 13.6 Å². The van der Waals surface area contributed by atoms with Gasteiger partial charge in [0.05, 0.1) is 13.7 Å². The normalized spacial score (nSPS) is 19.4. The van der Waals surface area contributed by atoms with Gasteiger partial charge in [-0.2, -0.15) is 0 Å². The lowest BCUT2D eigenvalue weighted by Gasteiger charge is -2.27. The maximum Gasteiger partial charge on any atom is 0.0812 e. The Morgan fingerprint density at radius 2 is 2.21 bits per heavy atom. The zero-order valence-electron chi connectivity index (χ0n) is 7.67. The van der Waals surface area contributed by atoms with Crippen molar-refractivity contribution in [1.29, 1.82) is 0 Å². The molecule has 1 aliphatic carbocycles. The molecule has 1 unspecified atom stereocenters. The molecule has 1 atom stereocenters. The van der Waals surface area contributed by atoms with Gasteiger partial charge in [0, 0.05) is 5.56 Å². The summed E-state index contributed by atoms with van der Waals surface area (Å²) in [6.45, 7) is 0. The van der Waals surface area contributed by atoms with Crippen molar-refractivity contribution in [3.8, 4) is 0 Å². The van der Waals surface area contributed by atoms with Gasteiger partial charge in [-0.15, -0.1) is 11.3 Å². The molecule has 0 amide bonds. The van der Waals surface area contributed by atoms with Crippen molar-refractivity contribution in [2.75, 3.05) is 0 Å². The predicted octanol–water partition coefficient (Wildman–Crippen LogP) is 4.50. The molecule has 1 aromatic heterocycles. The summed E-state index contributed by atoms with van der Waals surface area (Å²) < 4.78 is 2.13. The fourth-order valence-electron chi connectivity index (χ4n) is 1.75. The molecule has 1 fully saturated rings. The average molecular weight is 340 g/mol. The number of hydrogen-bond acceptors (Lipinski definition) is 2. The molecule has 0 radical (unpaired) electrons. The summed E-state index contributed by atoms with van der Waals surface area (Å²) in [4.78, 5) is 0. The lowest BCUT2D eigenvalue weighted by Crippen LogP contribution is -2.14. The highest BCUT2D eigenvalue weighted by atomic mass is 79.9. The fourth-order valence-corrected chi connectivity index (χ4v) is 4.71. The highest BCUT2D eigenvalue weighted by molar-refractivity contribution is 9.12. The lowest BCUT2D eigenvalue weighted by atomic mass is 9.81. The van der Waals surface area contributed by atoms with Crippen LogP contribution >= 0.6 is 43.2 Å². The number of hydrogen-bond donors (Lipinski definition) is 1. The molecule has 1 nitrogen and oxygen atoms in total. The Kier molecular flexibility index (Phi) is 3.68. The second-order valence-electron chi connectivity index (χ2n) is 3.83. The third-order valence-electron chi connectivity index (χ3n) is 2.82. The highest BCUT2D eigenvalue weighted by Crippen LogP contribution is 2.40. The van der Waals surface area contributed by atoms with Crippen LogP contribution in [0.4, 0.5) is 0 Å². The van der Waals surface area contributed by atoms with Crippen LogP contribution in [0, 0.1) is 5.92 Å². The molecule has 0 spiro atoms. The van der Waals surface area contributed by atoms with Gasteiger partial charge in [0.2, 0.25) is 0 Å². The minimum atomic E-state index is -0.294. The minimum Gasteiger partial charge on any atom is -0.388 e. The Morgan fingerprint density at radius 1 is 1.50 bits per heavy atom. The lowest BCUT2D eigenvalue weighted by molar-refractivity contribution is 0.118. The summed E-state index contributed by atoms with van der Waals surface area (Å²) in [7, 11) is 0. The van der Waals surface area contributed by atoms with E-state index in [1.54, 1.807) is 11.3 Å². The molecule has 1 saturated carbocycles. The van der Waals surface area contributed by atoms with Crippen LogP contribution < -0.4 is 0 Å². The van der Waals surface area contributed by atoms with Crippen molar-refractivity contribution in [2.24, 2.45) is 5.92 Å². The highest BCUT2D eigenvalue weighted by Gasteiger charge is 2.23. The van der Waals surface area contributed by atoms with Gasteiger partial charge in [-0.05, 0) is 50.3 Å². The van der Waals surface area contributed by atoms with E-state index >= 15 is 0 Å². The SMILES string of the molecule is OC(CC1CCC1)c1cc(Br)sc1Br. The van der Waals surface area contributed by atoms with Crippen LogP contribution in [-0.4, -0.2) is 5.11 Å². The Hall–Kier alpha value is 0.620. The average Bonchev–Trinajstić information content (AvgIpc) is 2.37. The second kappa shape index (κ2) is 4.64. The topological polar surface area (TPSA) is 20.2 Å². The van der Waals surface area contributed by atoms with E-state index in [9.17, 15) is 5.11 Å². The van der Waals surface area contributed by atoms with E-state index in [1.807, 2.05) is 6.07 Å². The zero-order valence-corrected chi connectivity index (χ0v) is 11.7. The molecule has 1 N–H and O–H groups in total. The first-order valence-electron chi connectivity index (χ1n) is 4.79. The largest absolute Gasteiger partial charge is 0.388 e. The first kappa shape index (κ1) is 11.1. The number of thiophene rings is 1. The maximum atomic E-state index is 10.0. The fraction of sp³-hybridized carbons (Fsp3) is 0.600. The van der Waals surface area contributed by atoms with Crippen molar-refractivity contribution >= 4 is 43.2 Å². The Labute approximate surface area is 105 Å². The molecule has 0 bridgehead atoms. The van der Waals surface area contributed by atoms with E-state index in [0.29, 0.717) is 0 Å². The maximum absolute atomic E-state index is 10.0. The van der Waals surface area contributed by atoms with Gasteiger partial charge in [-0.3, -0.25) is 0 Å². The van der Waals surface area contributed by atoms with Crippen LogP contribution in [0.1, 0.15) is 37.4 Å². The van der Waals surface area contributed by atoms with Gasteiger partial charge in [0.15, 0.2) is 0 Å². The molecule has 0 saturated heterocycles. The summed E-state index contributed by atoms with van der Waals surface area (Å²) in [6.07, 6.45) is 4.55. The van der Waals surface area contributed by atoms with Gasteiger partial charge in [-0.25, -0.2) is 0 Å². The van der Waals surface area contributed by atoms with E-state index < -0.39 is 0 Å². The molecule has 14 heavy (non-hydrogen) atoms. The van der Waals surface area contributed by atoms with Crippen LogP contribution in [0.2, 0.25) is 0 Å². The number of rotatable bonds is 3. The quantitative estimate of drug-likeness (QED) is 0.859. The minimum absolute atomic E-state index is 0.294. The smallest absolute Gasteiger partial charge is 0.0812 e. The van der Waals surface area contributed by atoms with E-state index in [-0.39, 0.29) is 6.10 Å². The van der Waals surface area contributed by atoms with Crippen molar-refractivity contribution < 1.29 is 5.11 Å². The standard InChI is InChI=1S/C10H12Br2OS/c11-9-5-7(10(12)14-9)8(13)4-6-2-1-3-6/h5-6,8,13H,1-4H2. The van der Waals surface area contributed by atoms with Crippen LogP contribution in [0.25, 0.3) is 0 Å². The third kappa shape index (κ3) is 2.40. The predicted molar refractivity (Wildman–Crippen MR) is 66.6 cm³/mol. The Balaban J connectivity index is 2.02. The van der Waals surface area contributed by atoms with E-state index in [2.05, 4.69) is 31.9 Å². The third-order valence-corrected chi connectivity index (χ3v) is 5.21. The molecule has 4 heteroatoms. The monoisotopic (exact) mass is 338 g/mol. The van der Waals surface area contributed by atoms with E-state index in [0.717, 1.165) is 25.5 Å². The zero-order chi connectivity index (χ0) is 10.1. The van der Waals surface area contributed by atoms with E-state index in [1.165, 1.54) is 19.3 Å². The summed E-state index contributed by atoms with van der Waals surface area (Å²) in [5, 5.41) is 10.0.